The molecule has 4 rings (SSSR count). The van der Waals surface area contributed by atoms with E-state index in [2.05, 4.69) is 78.0 Å². The van der Waals surface area contributed by atoms with Crippen molar-refractivity contribution in [2.75, 3.05) is 26.3 Å². The smallest absolute Gasteiger partial charge is 0.317 e. The fourth-order valence-corrected chi connectivity index (χ4v) is 6.85. The van der Waals surface area contributed by atoms with E-state index in [0.29, 0.717) is 32.2 Å². The van der Waals surface area contributed by atoms with Crippen molar-refractivity contribution in [3.05, 3.63) is 69.9 Å². The first-order valence-electron chi connectivity index (χ1n) is 18.8. The minimum atomic E-state index is -0.333. The van der Waals surface area contributed by atoms with Gasteiger partial charge in [-0.2, -0.15) is 0 Å². The second-order valence-electron chi connectivity index (χ2n) is 14.7. The molecule has 2 aliphatic heterocycles. The molecule has 9 heteroatoms. The number of ether oxygens (including phenoxy) is 1. The number of hydrogen-bond donors (Lipinski definition) is 3. The van der Waals surface area contributed by atoms with Crippen LogP contribution in [0.5, 0.6) is 0 Å². The van der Waals surface area contributed by atoms with Crippen molar-refractivity contribution in [2.45, 2.75) is 119 Å². The number of esters is 2. The highest BCUT2D eigenvalue weighted by atomic mass is 16.6. The molecule has 4 aliphatic rings. The van der Waals surface area contributed by atoms with Crippen LogP contribution in [-0.2, 0) is 23.9 Å². The number of fused-ring (bicyclic) bond motifs is 2. The van der Waals surface area contributed by atoms with E-state index in [4.69, 9.17) is 20.7 Å². The summed E-state index contributed by atoms with van der Waals surface area (Å²) >= 11 is 0. The summed E-state index contributed by atoms with van der Waals surface area (Å²) < 4.78 is 4.73. The van der Waals surface area contributed by atoms with Crippen molar-refractivity contribution >= 4 is 23.8 Å². The van der Waals surface area contributed by atoms with Gasteiger partial charge in [-0.1, -0.05) is 69.9 Å². The van der Waals surface area contributed by atoms with Gasteiger partial charge < -0.3 is 20.7 Å². The third kappa shape index (κ3) is 15.0. The molecule has 0 aromatic rings. The Hall–Kier alpha value is -3.40. The lowest BCUT2D eigenvalue weighted by atomic mass is 9.80. The number of aliphatic hydroxyl groups excluding tert-OH is 2. The maximum Gasteiger partial charge on any atom is 0.317 e. The summed E-state index contributed by atoms with van der Waals surface area (Å²) in [5.41, 5.74) is 12.9. The van der Waals surface area contributed by atoms with Crippen LogP contribution in [-0.4, -0.2) is 65.2 Å². The van der Waals surface area contributed by atoms with E-state index in [1.807, 2.05) is 0 Å². The highest BCUT2D eigenvalue weighted by Gasteiger charge is 2.48. The number of allylic oxidation sites excluding steroid dienone is 12. The number of carbonyl (C=O) groups excluding carboxylic acids is 4. The van der Waals surface area contributed by atoms with E-state index in [1.54, 1.807) is 0 Å². The van der Waals surface area contributed by atoms with Crippen LogP contribution in [0.3, 0.4) is 0 Å². The molecule has 0 aromatic carbocycles. The van der Waals surface area contributed by atoms with Crippen LogP contribution >= 0.6 is 0 Å². The van der Waals surface area contributed by atoms with Gasteiger partial charge in [0.15, 0.2) is 0 Å². The molecule has 2 saturated heterocycles. The highest BCUT2D eigenvalue weighted by Crippen LogP contribution is 2.39. The van der Waals surface area contributed by atoms with E-state index in [9.17, 15) is 19.2 Å². The topological polar surface area (TPSA) is 147 Å². The van der Waals surface area contributed by atoms with Crippen LogP contribution in [0.4, 0.5) is 0 Å². The molecule has 2 amide bonds. The number of β-amino-alcohol motifs (C(OH)–C–C–N with tert-alkyl or cyclic N) is 1. The first-order valence-corrected chi connectivity index (χ1v) is 18.8. The van der Waals surface area contributed by atoms with E-state index >= 15 is 0 Å². The molecule has 4 atom stereocenters. The van der Waals surface area contributed by atoms with Gasteiger partial charge in [0, 0.05) is 6.54 Å². The van der Waals surface area contributed by atoms with Crippen LogP contribution in [0, 0.1) is 23.7 Å². The molecule has 0 bridgehead atoms. The maximum absolute atomic E-state index is 12.4. The molecular weight excluding hydrogens is 644 g/mol. The zero-order valence-corrected chi connectivity index (χ0v) is 32.0. The number of nitrogens with zero attached hydrogens (tertiary/aromatic N) is 1. The molecule has 0 saturated carbocycles. The first kappa shape index (κ1) is 43.8. The SMILES string of the molecule is CC(C)=CCC/C(C)=C/CCC1=CCC2C(=O)N(CCO)C(=O)C2C1.CC(C)=CCC/C(C)=C/CCC1=CCC2C(=O)OC(=O)C2C1.NCCO. The Labute approximate surface area is 306 Å². The lowest BCUT2D eigenvalue weighted by Gasteiger charge is -2.21. The Bertz CT molecular complexity index is 1370. The fraction of sp³-hybridized carbons (Fsp3) is 0.619. The van der Waals surface area contributed by atoms with Crippen LogP contribution < -0.4 is 5.73 Å². The van der Waals surface area contributed by atoms with Crippen LogP contribution in [0.2, 0.25) is 0 Å². The Morgan fingerprint density at radius 3 is 1.61 bits per heavy atom. The van der Waals surface area contributed by atoms with E-state index in [1.165, 1.54) is 38.3 Å². The number of likely N-dealkylation sites (tertiary alicyclic amines) is 1. The van der Waals surface area contributed by atoms with Crippen molar-refractivity contribution < 1.29 is 34.1 Å². The van der Waals surface area contributed by atoms with Gasteiger partial charge in [0.25, 0.3) is 0 Å². The number of hydrogen-bond acceptors (Lipinski definition) is 8. The number of nitrogens with two attached hydrogens (primary N) is 1. The Kier molecular flexibility index (Phi) is 19.9. The lowest BCUT2D eigenvalue weighted by molar-refractivity contribution is -0.154. The van der Waals surface area contributed by atoms with Gasteiger partial charge in [-0.25, -0.2) is 0 Å². The van der Waals surface area contributed by atoms with Gasteiger partial charge in [0.1, 0.15) is 0 Å². The molecule has 4 N–H and O–H groups in total. The fourth-order valence-electron chi connectivity index (χ4n) is 6.85. The van der Waals surface area contributed by atoms with E-state index < -0.39 is 0 Å². The molecule has 0 aromatic heterocycles. The van der Waals surface area contributed by atoms with Crippen LogP contribution in [0.15, 0.2) is 69.9 Å². The maximum atomic E-state index is 12.4. The molecule has 0 radical (unpaired) electrons. The van der Waals surface area contributed by atoms with Gasteiger partial charge >= 0.3 is 11.9 Å². The Balaban J connectivity index is 0.000000322. The number of carbonyl (C=O) groups is 4. The summed E-state index contributed by atoms with van der Waals surface area (Å²) in [7, 11) is 0. The zero-order chi connectivity index (χ0) is 37.9. The van der Waals surface area contributed by atoms with Crippen molar-refractivity contribution in [1.82, 2.24) is 4.90 Å². The normalized spacial score (nSPS) is 22.8. The summed E-state index contributed by atoms with van der Waals surface area (Å²) in [6.07, 6.45) is 24.5. The zero-order valence-electron chi connectivity index (χ0n) is 32.0. The summed E-state index contributed by atoms with van der Waals surface area (Å²) in [5.74, 6) is -1.72. The minimum absolute atomic E-state index is 0.0944. The monoisotopic (exact) mass is 708 g/mol. The first-order chi connectivity index (χ1) is 24.3. The van der Waals surface area contributed by atoms with Gasteiger partial charge in [-0.05, 0) is 119 Å². The predicted octanol–water partition coefficient (Wildman–Crippen LogP) is 7.21. The van der Waals surface area contributed by atoms with Crippen molar-refractivity contribution in [3.63, 3.8) is 0 Å². The third-order valence-corrected chi connectivity index (χ3v) is 9.78. The molecule has 9 nitrogen and oxygen atoms in total. The highest BCUT2D eigenvalue weighted by molar-refractivity contribution is 6.05. The van der Waals surface area contributed by atoms with Gasteiger partial charge in [-0.3, -0.25) is 24.1 Å². The molecular formula is C42H64N2O7. The molecule has 0 spiro atoms. The standard InChI is InChI=1S/C21H31NO3.C19H26O3.C2H7NO/c1-15(2)6-4-7-16(3)8-5-9-17-10-11-18-19(14-17)21(25)22(12-13-23)20(18)24;1-13(2)6-4-7-14(3)8-5-9-15-10-11-16-17(12-15)19(21)22-18(16)20;3-1-2-4/h6,8,10,18-19,23H,4-5,7,9,11-14H2,1-3H3;6,8,10,16-17H,4-5,7,9,11-12H2,1-3H3;4H,1-3H2/b16-8+;14-8+;. The number of amides is 2. The van der Waals surface area contributed by atoms with E-state index in [-0.39, 0.29) is 67.2 Å². The molecule has 284 valence electrons. The molecule has 4 unspecified atom stereocenters. The Morgan fingerprint density at radius 1 is 0.686 bits per heavy atom. The van der Waals surface area contributed by atoms with Crippen molar-refractivity contribution in [3.8, 4) is 0 Å². The number of cyclic esters (lactones) is 2. The second-order valence-corrected chi connectivity index (χ2v) is 14.7. The average Bonchev–Trinajstić information content (AvgIpc) is 3.50. The van der Waals surface area contributed by atoms with Crippen LogP contribution in [0.1, 0.15) is 119 Å². The largest absolute Gasteiger partial charge is 0.395 e. The molecule has 51 heavy (non-hydrogen) atoms. The summed E-state index contributed by atoms with van der Waals surface area (Å²) in [6, 6.07) is 0. The predicted molar refractivity (Wildman–Crippen MR) is 203 cm³/mol. The summed E-state index contributed by atoms with van der Waals surface area (Å²) in [5, 5.41) is 16.8. The number of imide groups is 1. The number of rotatable bonds is 15. The second kappa shape index (κ2) is 23.2. The molecule has 2 heterocycles. The van der Waals surface area contributed by atoms with Crippen molar-refractivity contribution in [1.29, 1.82) is 0 Å². The average molecular weight is 709 g/mol. The summed E-state index contributed by atoms with van der Waals surface area (Å²) in [6.45, 7) is 13.3. The summed E-state index contributed by atoms with van der Waals surface area (Å²) in [4.78, 5) is 49.0. The molecule has 2 fully saturated rings. The lowest BCUT2D eigenvalue weighted by Crippen LogP contribution is -2.33. The quantitative estimate of drug-likeness (QED) is 0.0700. The third-order valence-electron chi connectivity index (χ3n) is 9.78. The Morgan fingerprint density at radius 2 is 1.14 bits per heavy atom. The van der Waals surface area contributed by atoms with Crippen molar-refractivity contribution in [2.24, 2.45) is 29.4 Å². The van der Waals surface area contributed by atoms with Crippen LogP contribution in [0.25, 0.3) is 0 Å². The minimum Gasteiger partial charge on any atom is -0.395 e. The molecule has 2 aliphatic carbocycles. The van der Waals surface area contributed by atoms with Gasteiger partial charge in [-0.15, -0.1) is 0 Å². The van der Waals surface area contributed by atoms with Gasteiger partial charge in [0.2, 0.25) is 11.8 Å². The van der Waals surface area contributed by atoms with E-state index in [0.717, 1.165) is 51.4 Å². The number of aliphatic hydroxyl groups is 2. The van der Waals surface area contributed by atoms with Gasteiger partial charge in [0.05, 0.1) is 43.4 Å².